The summed E-state index contributed by atoms with van der Waals surface area (Å²) < 4.78 is 7.27. The second-order valence-electron chi connectivity index (χ2n) is 11.3. The van der Waals surface area contributed by atoms with Crippen LogP contribution in [0.15, 0.2) is 66.7 Å². The molecule has 4 aromatic rings. The monoisotopic (exact) mass is 539 g/mol. The van der Waals surface area contributed by atoms with Crippen molar-refractivity contribution in [1.82, 2.24) is 20.3 Å². The summed E-state index contributed by atoms with van der Waals surface area (Å²) in [5.74, 6) is 0.227. The number of anilines is 1. The van der Waals surface area contributed by atoms with Crippen LogP contribution in [0.3, 0.4) is 0 Å². The number of carbonyl (C=O) groups excluding carboxylic acids is 2. The van der Waals surface area contributed by atoms with E-state index in [2.05, 4.69) is 21.7 Å². The van der Waals surface area contributed by atoms with Crippen LogP contribution >= 0.6 is 0 Å². The first kappa shape index (κ1) is 27.4. The van der Waals surface area contributed by atoms with Gasteiger partial charge in [-0.1, -0.05) is 41.6 Å². The van der Waals surface area contributed by atoms with Gasteiger partial charge in [-0.25, -0.2) is 4.68 Å². The third-order valence-electron chi connectivity index (χ3n) is 7.12. The van der Waals surface area contributed by atoms with E-state index >= 15 is 0 Å². The van der Waals surface area contributed by atoms with E-state index < -0.39 is 11.6 Å². The molecule has 0 spiro atoms. The fourth-order valence-electron chi connectivity index (χ4n) is 5.41. The van der Waals surface area contributed by atoms with Gasteiger partial charge in [0.05, 0.1) is 12.1 Å². The van der Waals surface area contributed by atoms with Gasteiger partial charge in [0.1, 0.15) is 23.9 Å². The molecule has 40 heavy (non-hydrogen) atoms. The molecule has 0 radical (unpaired) electrons. The number of aromatic nitrogens is 3. The molecule has 0 bridgehead atoms. The number of fused-ring (bicyclic) bond motifs is 2. The van der Waals surface area contributed by atoms with E-state index in [1.165, 1.54) is 5.56 Å². The minimum Gasteiger partial charge on any atom is -0.494 e. The van der Waals surface area contributed by atoms with Crippen molar-refractivity contribution in [3.8, 4) is 5.75 Å². The molecule has 5 rings (SSSR count). The lowest BCUT2D eigenvalue weighted by molar-refractivity contribution is -0.128. The number of ether oxygens (including phenoxy) is 1. The molecule has 1 aliphatic carbocycles. The van der Waals surface area contributed by atoms with Crippen molar-refractivity contribution < 1.29 is 14.3 Å². The van der Waals surface area contributed by atoms with E-state index in [0.717, 1.165) is 42.5 Å². The fraction of sp³-hybridized carbons (Fsp3) is 0.375. The number of benzene rings is 3. The Morgan fingerprint density at radius 1 is 1.00 bits per heavy atom. The molecule has 208 valence electrons. The third-order valence-corrected chi connectivity index (χ3v) is 7.12. The van der Waals surface area contributed by atoms with Gasteiger partial charge >= 0.3 is 0 Å². The van der Waals surface area contributed by atoms with Gasteiger partial charge in [0.25, 0.3) is 0 Å². The lowest BCUT2D eigenvalue weighted by Crippen LogP contribution is -2.50. The minimum atomic E-state index is -0.898. The lowest BCUT2D eigenvalue weighted by atomic mass is 9.89. The highest BCUT2D eigenvalue weighted by atomic mass is 16.5. The third kappa shape index (κ3) is 5.86. The summed E-state index contributed by atoms with van der Waals surface area (Å²) in [5.41, 5.74) is 4.83. The van der Waals surface area contributed by atoms with Crippen LogP contribution in [0.25, 0.3) is 11.0 Å². The van der Waals surface area contributed by atoms with Crippen LogP contribution in [0.5, 0.6) is 5.75 Å². The zero-order chi connectivity index (χ0) is 28.3. The Labute approximate surface area is 235 Å². The van der Waals surface area contributed by atoms with Gasteiger partial charge in [-0.2, -0.15) is 0 Å². The number of aryl methyl sites for hydroxylation is 1. The van der Waals surface area contributed by atoms with Crippen molar-refractivity contribution in [3.05, 3.63) is 83.4 Å². The molecule has 0 saturated heterocycles. The Morgan fingerprint density at radius 3 is 2.50 bits per heavy atom. The highest BCUT2D eigenvalue weighted by molar-refractivity contribution is 6.02. The van der Waals surface area contributed by atoms with E-state index in [1.807, 2.05) is 88.4 Å². The lowest BCUT2D eigenvalue weighted by Gasteiger charge is -2.36. The number of carbonyl (C=O) groups is 2. The quantitative estimate of drug-likeness (QED) is 0.324. The Hall–Kier alpha value is -4.20. The minimum absolute atomic E-state index is 0.0551. The summed E-state index contributed by atoms with van der Waals surface area (Å²) in [5, 5.41) is 11.6. The van der Waals surface area contributed by atoms with Crippen LogP contribution in [0.4, 0.5) is 5.69 Å². The molecule has 3 aromatic carbocycles. The highest BCUT2D eigenvalue weighted by Crippen LogP contribution is 2.36. The molecule has 2 amide bonds. The van der Waals surface area contributed by atoms with Gasteiger partial charge in [0.2, 0.25) is 11.8 Å². The SMILES string of the molecule is CCOc1ccc(C(C(=O)NC(C)(C)C)N(C(=O)Cn2nnc3ccccc32)c2cccc3c2CCCC3)cc1. The Bertz CT molecular complexity index is 1500. The summed E-state index contributed by atoms with van der Waals surface area (Å²) >= 11 is 0. The van der Waals surface area contributed by atoms with Gasteiger partial charge in [0.15, 0.2) is 0 Å². The number of hydrogen-bond donors (Lipinski definition) is 1. The second-order valence-corrected chi connectivity index (χ2v) is 11.3. The number of para-hydroxylation sites is 1. The zero-order valence-corrected chi connectivity index (χ0v) is 23.7. The van der Waals surface area contributed by atoms with Crippen LogP contribution < -0.4 is 15.0 Å². The molecular formula is C32H37N5O3. The number of nitrogens with zero attached hydrogens (tertiary/aromatic N) is 4. The number of hydrogen-bond acceptors (Lipinski definition) is 5. The van der Waals surface area contributed by atoms with E-state index in [0.29, 0.717) is 23.4 Å². The van der Waals surface area contributed by atoms with Crippen LogP contribution in [0.2, 0.25) is 0 Å². The van der Waals surface area contributed by atoms with Crippen molar-refractivity contribution in [2.24, 2.45) is 0 Å². The molecule has 8 heteroatoms. The molecule has 1 heterocycles. The summed E-state index contributed by atoms with van der Waals surface area (Å²) in [6, 6.07) is 20.2. The van der Waals surface area contributed by atoms with Gasteiger partial charge in [0, 0.05) is 11.2 Å². The zero-order valence-electron chi connectivity index (χ0n) is 23.7. The van der Waals surface area contributed by atoms with E-state index in [-0.39, 0.29) is 18.4 Å². The maximum Gasteiger partial charge on any atom is 0.249 e. The van der Waals surface area contributed by atoms with E-state index in [9.17, 15) is 9.59 Å². The maximum atomic E-state index is 14.4. The van der Waals surface area contributed by atoms with E-state index in [1.54, 1.807) is 9.58 Å². The second kappa shape index (κ2) is 11.5. The number of amides is 2. The predicted molar refractivity (Wildman–Crippen MR) is 156 cm³/mol. The molecule has 1 aromatic heterocycles. The van der Waals surface area contributed by atoms with Crippen molar-refractivity contribution in [1.29, 1.82) is 0 Å². The molecule has 1 aliphatic rings. The summed E-state index contributed by atoms with van der Waals surface area (Å²) in [6.45, 7) is 8.25. The molecule has 0 aliphatic heterocycles. The fourth-order valence-corrected chi connectivity index (χ4v) is 5.41. The van der Waals surface area contributed by atoms with Crippen LogP contribution in [-0.4, -0.2) is 39.0 Å². The van der Waals surface area contributed by atoms with Crippen molar-refractivity contribution in [3.63, 3.8) is 0 Å². The van der Waals surface area contributed by atoms with Gasteiger partial charge in [-0.15, -0.1) is 5.10 Å². The molecule has 1 atom stereocenters. The average Bonchev–Trinajstić information content (AvgIpc) is 3.34. The first-order valence-corrected chi connectivity index (χ1v) is 14.0. The average molecular weight is 540 g/mol. The Balaban J connectivity index is 1.64. The first-order valence-electron chi connectivity index (χ1n) is 14.0. The van der Waals surface area contributed by atoms with Gasteiger partial charge in [-0.05, 0) is 100 Å². The molecule has 0 fully saturated rings. The van der Waals surface area contributed by atoms with Crippen LogP contribution in [0.1, 0.15) is 63.3 Å². The Morgan fingerprint density at radius 2 is 1.75 bits per heavy atom. The molecule has 8 nitrogen and oxygen atoms in total. The molecule has 1 N–H and O–H groups in total. The largest absolute Gasteiger partial charge is 0.494 e. The predicted octanol–water partition coefficient (Wildman–Crippen LogP) is 5.40. The maximum absolute atomic E-state index is 14.4. The van der Waals surface area contributed by atoms with Crippen molar-refractivity contribution >= 4 is 28.5 Å². The summed E-state index contributed by atoms with van der Waals surface area (Å²) in [4.78, 5) is 30.2. The number of nitrogens with one attached hydrogen (secondary N) is 1. The van der Waals surface area contributed by atoms with Gasteiger partial charge < -0.3 is 10.1 Å². The number of rotatable bonds is 8. The van der Waals surface area contributed by atoms with Crippen LogP contribution in [-0.2, 0) is 29.0 Å². The standard InChI is InChI=1S/C32H37N5O3/c1-5-40-24-19-17-23(18-20-24)30(31(39)33-32(2,3)4)37(27-16-10-12-22-11-6-7-13-25(22)27)29(38)21-36-28-15-9-8-14-26(28)34-35-36/h8-10,12,14-20,30H,5-7,11,13,21H2,1-4H3,(H,33,39). The topological polar surface area (TPSA) is 89.4 Å². The smallest absolute Gasteiger partial charge is 0.249 e. The first-order chi connectivity index (χ1) is 19.2. The molecule has 1 unspecified atom stereocenters. The molecular weight excluding hydrogens is 502 g/mol. The summed E-state index contributed by atoms with van der Waals surface area (Å²) in [6.07, 6.45) is 3.98. The van der Waals surface area contributed by atoms with Crippen molar-refractivity contribution in [2.45, 2.75) is 71.5 Å². The Kier molecular flexibility index (Phi) is 7.87. The van der Waals surface area contributed by atoms with Crippen LogP contribution in [0, 0.1) is 0 Å². The normalized spacial score (nSPS) is 13.9. The van der Waals surface area contributed by atoms with Gasteiger partial charge in [-0.3, -0.25) is 14.5 Å². The molecule has 0 saturated carbocycles. The highest BCUT2D eigenvalue weighted by Gasteiger charge is 2.36. The van der Waals surface area contributed by atoms with E-state index in [4.69, 9.17) is 4.74 Å². The van der Waals surface area contributed by atoms with Crippen molar-refractivity contribution in [2.75, 3.05) is 11.5 Å². The summed E-state index contributed by atoms with van der Waals surface area (Å²) in [7, 11) is 0.